The zero-order chi connectivity index (χ0) is 20.3. The van der Waals surface area contributed by atoms with Gasteiger partial charge in [0.1, 0.15) is 10.3 Å². The molecule has 0 spiro atoms. The van der Waals surface area contributed by atoms with Gasteiger partial charge in [-0.15, -0.1) is 10.2 Å². The van der Waals surface area contributed by atoms with Crippen molar-refractivity contribution < 1.29 is 4.79 Å². The fourth-order valence-electron chi connectivity index (χ4n) is 2.56. The van der Waals surface area contributed by atoms with Crippen LogP contribution in [0.4, 0.5) is 5.69 Å². The van der Waals surface area contributed by atoms with Crippen LogP contribution < -0.4 is 5.32 Å². The molecular weight excluding hydrogens is 417 g/mol. The van der Waals surface area contributed by atoms with Gasteiger partial charge in [0.25, 0.3) is 0 Å². The molecular formula is C19H19Cl2N5OS. The predicted molar refractivity (Wildman–Crippen MR) is 114 cm³/mol. The third-order valence-corrected chi connectivity index (χ3v) is 5.46. The molecule has 2 aromatic heterocycles. The molecule has 0 atom stereocenters. The lowest BCUT2D eigenvalue weighted by atomic mass is 10.0. The van der Waals surface area contributed by atoms with Crippen molar-refractivity contribution in [2.45, 2.75) is 24.9 Å². The zero-order valence-corrected chi connectivity index (χ0v) is 17.9. The number of halogens is 2. The van der Waals surface area contributed by atoms with Gasteiger partial charge in [0.05, 0.1) is 5.75 Å². The SMILES string of the molecule is CC(C)c1ccc(NC(=O)CSc2nnc(-c3cc(Cl)nc(Cl)c3)n2C)cc1. The molecule has 0 aliphatic heterocycles. The van der Waals surface area contributed by atoms with Gasteiger partial charge < -0.3 is 9.88 Å². The molecule has 0 aliphatic rings. The van der Waals surface area contributed by atoms with Crippen molar-refractivity contribution in [2.24, 2.45) is 7.05 Å². The van der Waals surface area contributed by atoms with Gasteiger partial charge in [-0.3, -0.25) is 4.79 Å². The summed E-state index contributed by atoms with van der Waals surface area (Å²) in [7, 11) is 1.82. The number of rotatable bonds is 6. The maximum atomic E-state index is 12.2. The second-order valence-corrected chi connectivity index (χ2v) is 8.20. The van der Waals surface area contributed by atoms with E-state index in [0.717, 1.165) is 5.69 Å². The van der Waals surface area contributed by atoms with E-state index in [-0.39, 0.29) is 22.0 Å². The average Bonchev–Trinajstić information content (AvgIpc) is 3.00. The largest absolute Gasteiger partial charge is 0.325 e. The Bertz CT molecular complexity index is 968. The molecule has 0 bridgehead atoms. The summed E-state index contributed by atoms with van der Waals surface area (Å²) in [4.78, 5) is 16.2. The molecule has 0 unspecified atom stereocenters. The fraction of sp³-hybridized carbons (Fsp3) is 0.263. The number of carbonyl (C=O) groups is 1. The number of carbonyl (C=O) groups excluding carboxylic acids is 1. The van der Waals surface area contributed by atoms with Gasteiger partial charge in [-0.05, 0) is 35.7 Å². The average molecular weight is 436 g/mol. The van der Waals surface area contributed by atoms with Crippen molar-refractivity contribution in [2.75, 3.05) is 11.1 Å². The van der Waals surface area contributed by atoms with Gasteiger partial charge in [-0.1, -0.05) is 60.9 Å². The first-order valence-corrected chi connectivity index (χ1v) is 10.3. The standard InChI is InChI=1S/C19H19Cl2N5OS/c1-11(2)12-4-6-14(7-5-12)22-17(27)10-28-19-25-24-18(26(19)3)13-8-15(20)23-16(21)9-13/h4-9,11H,10H2,1-3H3,(H,22,27). The van der Waals surface area contributed by atoms with Crippen LogP contribution in [0, 0.1) is 0 Å². The Kier molecular flexibility index (Phi) is 6.59. The molecule has 2 heterocycles. The predicted octanol–water partition coefficient (Wildman–Crippen LogP) is 5.04. The Balaban J connectivity index is 1.63. The van der Waals surface area contributed by atoms with E-state index in [4.69, 9.17) is 23.2 Å². The van der Waals surface area contributed by atoms with Crippen LogP contribution in [0.2, 0.25) is 10.3 Å². The molecule has 0 fully saturated rings. The zero-order valence-electron chi connectivity index (χ0n) is 15.6. The molecule has 0 aliphatic carbocycles. The highest BCUT2D eigenvalue weighted by atomic mass is 35.5. The van der Waals surface area contributed by atoms with E-state index >= 15 is 0 Å². The smallest absolute Gasteiger partial charge is 0.234 e. The minimum Gasteiger partial charge on any atom is -0.325 e. The molecule has 1 amide bonds. The first-order chi connectivity index (χ1) is 13.3. The summed E-state index contributed by atoms with van der Waals surface area (Å²) in [5, 5.41) is 12.4. The van der Waals surface area contributed by atoms with Crippen molar-refractivity contribution in [3.63, 3.8) is 0 Å². The molecule has 6 nitrogen and oxygen atoms in total. The Hall–Kier alpha value is -2.09. The number of aromatic nitrogens is 4. The fourth-order valence-corrected chi connectivity index (χ4v) is 3.74. The van der Waals surface area contributed by atoms with E-state index in [1.807, 2.05) is 31.3 Å². The normalized spacial score (nSPS) is 11.1. The lowest BCUT2D eigenvalue weighted by Gasteiger charge is -2.08. The van der Waals surface area contributed by atoms with Crippen molar-refractivity contribution in [3.8, 4) is 11.4 Å². The third-order valence-electron chi connectivity index (χ3n) is 4.05. The Morgan fingerprint density at radius 3 is 2.39 bits per heavy atom. The van der Waals surface area contributed by atoms with Crippen LogP contribution in [0.5, 0.6) is 0 Å². The monoisotopic (exact) mass is 435 g/mol. The summed E-state index contributed by atoms with van der Waals surface area (Å²) in [5.41, 5.74) is 2.71. The van der Waals surface area contributed by atoms with Crippen LogP contribution in [-0.2, 0) is 11.8 Å². The van der Waals surface area contributed by atoms with Gasteiger partial charge >= 0.3 is 0 Å². The van der Waals surface area contributed by atoms with E-state index in [1.165, 1.54) is 17.3 Å². The molecule has 3 aromatic rings. The van der Waals surface area contributed by atoms with Crippen LogP contribution in [0.1, 0.15) is 25.3 Å². The number of nitrogens with zero attached hydrogens (tertiary/aromatic N) is 4. The number of benzene rings is 1. The summed E-state index contributed by atoms with van der Waals surface area (Å²) in [6.45, 7) is 4.26. The van der Waals surface area contributed by atoms with Crippen LogP contribution in [0.15, 0.2) is 41.6 Å². The number of amides is 1. The van der Waals surface area contributed by atoms with Crippen molar-refractivity contribution in [3.05, 3.63) is 52.3 Å². The quantitative estimate of drug-likeness (QED) is 0.433. The number of thioether (sulfide) groups is 1. The van der Waals surface area contributed by atoms with Crippen molar-refractivity contribution in [1.29, 1.82) is 0 Å². The summed E-state index contributed by atoms with van der Waals surface area (Å²) in [6, 6.07) is 11.2. The maximum absolute atomic E-state index is 12.2. The van der Waals surface area contributed by atoms with Gasteiger partial charge in [0, 0.05) is 18.3 Å². The highest BCUT2D eigenvalue weighted by Crippen LogP contribution is 2.26. The molecule has 1 aromatic carbocycles. The Morgan fingerprint density at radius 2 is 1.79 bits per heavy atom. The first-order valence-electron chi connectivity index (χ1n) is 8.59. The molecule has 3 rings (SSSR count). The molecule has 1 N–H and O–H groups in total. The van der Waals surface area contributed by atoms with Crippen LogP contribution in [-0.4, -0.2) is 31.4 Å². The molecule has 0 radical (unpaired) electrons. The topological polar surface area (TPSA) is 72.7 Å². The minimum absolute atomic E-state index is 0.109. The molecule has 0 saturated carbocycles. The van der Waals surface area contributed by atoms with Crippen LogP contribution in [0.25, 0.3) is 11.4 Å². The lowest BCUT2D eigenvalue weighted by molar-refractivity contribution is -0.113. The van der Waals surface area contributed by atoms with E-state index in [1.54, 1.807) is 16.7 Å². The van der Waals surface area contributed by atoms with E-state index in [0.29, 0.717) is 22.5 Å². The highest BCUT2D eigenvalue weighted by Gasteiger charge is 2.14. The van der Waals surface area contributed by atoms with E-state index < -0.39 is 0 Å². The lowest BCUT2D eigenvalue weighted by Crippen LogP contribution is -2.14. The summed E-state index contributed by atoms with van der Waals surface area (Å²) < 4.78 is 1.79. The van der Waals surface area contributed by atoms with E-state index in [9.17, 15) is 4.79 Å². The number of pyridine rings is 1. The second-order valence-electron chi connectivity index (χ2n) is 6.48. The van der Waals surface area contributed by atoms with Gasteiger partial charge in [0.2, 0.25) is 5.91 Å². The third kappa shape index (κ3) is 5.04. The Labute approximate surface area is 177 Å². The first kappa shape index (κ1) is 20.6. The number of hydrogen-bond acceptors (Lipinski definition) is 5. The molecule has 28 heavy (non-hydrogen) atoms. The molecule has 0 saturated heterocycles. The Morgan fingerprint density at radius 1 is 1.14 bits per heavy atom. The van der Waals surface area contributed by atoms with E-state index in [2.05, 4.69) is 34.3 Å². The summed E-state index contributed by atoms with van der Waals surface area (Å²) in [5.74, 6) is 1.16. The highest BCUT2D eigenvalue weighted by molar-refractivity contribution is 7.99. The second kappa shape index (κ2) is 8.94. The summed E-state index contributed by atoms with van der Waals surface area (Å²) >= 11 is 13.2. The van der Waals surface area contributed by atoms with Gasteiger partial charge in [0.15, 0.2) is 11.0 Å². The number of nitrogens with one attached hydrogen (secondary N) is 1. The van der Waals surface area contributed by atoms with Crippen LogP contribution >= 0.6 is 35.0 Å². The molecule has 146 valence electrons. The molecule has 9 heteroatoms. The van der Waals surface area contributed by atoms with Gasteiger partial charge in [-0.2, -0.15) is 0 Å². The van der Waals surface area contributed by atoms with Crippen molar-refractivity contribution in [1.82, 2.24) is 19.7 Å². The van der Waals surface area contributed by atoms with Gasteiger partial charge in [-0.25, -0.2) is 4.98 Å². The number of hydrogen-bond donors (Lipinski definition) is 1. The summed E-state index contributed by atoms with van der Waals surface area (Å²) in [6.07, 6.45) is 0. The van der Waals surface area contributed by atoms with Crippen molar-refractivity contribution >= 4 is 46.6 Å². The number of anilines is 1. The maximum Gasteiger partial charge on any atom is 0.234 e. The van der Waals surface area contributed by atoms with Crippen LogP contribution in [0.3, 0.4) is 0 Å². The minimum atomic E-state index is -0.109.